The van der Waals surface area contributed by atoms with Crippen molar-refractivity contribution < 1.29 is 8.42 Å². The first-order valence-corrected chi connectivity index (χ1v) is 7.61. The highest BCUT2D eigenvalue weighted by Crippen LogP contribution is 2.14. The van der Waals surface area contributed by atoms with Gasteiger partial charge in [0, 0.05) is 5.88 Å². The molecule has 0 aliphatic rings. The van der Waals surface area contributed by atoms with Crippen molar-refractivity contribution in [3.05, 3.63) is 35.4 Å². The number of halogens is 1. The van der Waals surface area contributed by atoms with E-state index in [1.165, 1.54) is 0 Å². The maximum atomic E-state index is 11.9. The number of aryl methyl sites for hydroxylation is 1. The highest BCUT2D eigenvalue weighted by Gasteiger charge is 2.16. The van der Waals surface area contributed by atoms with E-state index in [9.17, 15) is 8.42 Å². The van der Waals surface area contributed by atoms with Crippen molar-refractivity contribution in [1.29, 1.82) is 0 Å². The molecule has 0 aliphatic heterocycles. The Hall–Kier alpha value is -0.540. The predicted octanol–water partition coefficient (Wildman–Crippen LogP) is 2.78. The molecule has 16 heavy (non-hydrogen) atoms. The van der Waals surface area contributed by atoms with Crippen LogP contribution in [0.25, 0.3) is 0 Å². The Bertz CT molecular complexity index is 440. The van der Waals surface area contributed by atoms with Gasteiger partial charge >= 0.3 is 0 Å². The Kier molecular flexibility index (Phi) is 4.81. The van der Waals surface area contributed by atoms with Crippen LogP contribution in [0.5, 0.6) is 0 Å². The third kappa shape index (κ3) is 4.14. The largest absolute Gasteiger partial charge is 0.228 e. The van der Waals surface area contributed by atoms with Gasteiger partial charge in [-0.2, -0.15) is 0 Å². The Balaban J connectivity index is 2.77. The topological polar surface area (TPSA) is 34.1 Å². The van der Waals surface area contributed by atoms with E-state index < -0.39 is 9.84 Å². The fourth-order valence-corrected chi connectivity index (χ4v) is 3.68. The number of alkyl halides is 1. The van der Waals surface area contributed by atoms with E-state index in [4.69, 9.17) is 11.6 Å². The maximum Gasteiger partial charge on any atom is 0.154 e. The summed E-state index contributed by atoms with van der Waals surface area (Å²) in [5.74, 6) is 0.661. The van der Waals surface area contributed by atoms with E-state index in [1.54, 1.807) is 0 Å². The lowest BCUT2D eigenvalue weighted by atomic mass is 10.1. The summed E-state index contributed by atoms with van der Waals surface area (Å²) < 4.78 is 23.7. The normalized spacial score (nSPS) is 13.7. The molecule has 0 saturated heterocycles. The second-order valence-corrected chi connectivity index (χ2v) is 6.66. The lowest BCUT2D eigenvalue weighted by Gasteiger charge is -2.10. The van der Waals surface area contributed by atoms with E-state index in [2.05, 4.69) is 0 Å². The van der Waals surface area contributed by atoms with E-state index in [-0.39, 0.29) is 17.4 Å². The van der Waals surface area contributed by atoms with Gasteiger partial charge in [-0.1, -0.05) is 31.2 Å². The SMILES string of the molecule is Cc1ccccc1CS(=O)(=O)CC(C)CCl. The zero-order chi connectivity index (χ0) is 12.2. The number of benzene rings is 1. The van der Waals surface area contributed by atoms with Crippen LogP contribution in [0.1, 0.15) is 18.1 Å². The molecule has 0 spiro atoms. The molecule has 0 heterocycles. The Morgan fingerprint density at radius 1 is 1.31 bits per heavy atom. The fraction of sp³-hybridized carbons (Fsp3) is 0.500. The van der Waals surface area contributed by atoms with Crippen molar-refractivity contribution in [2.24, 2.45) is 5.92 Å². The molecule has 1 aromatic rings. The Labute approximate surface area is 103 Å². The molecule has 0 amide bonds. The molecule has 0 fully saturated rings. The van der Waals surface area contributed by atoms with E-state index in [1.807, 2.05) is 38.1 Å². The fourth-order valence-electron chi connectivity index (χ4n) is 1.55. The summed E-state index contributed by atoms with van der Waals surface area (Å²) in [5.41, 5.74) is 1.90. The van der Waals surface area contributed by atoms with Gasteiger partial charge in [-0.25, -0.2) is 8.42 Å². The number of hydrogen-bond donors (Lipinski definition) is 0. The van der Waals surface area contributed by atoms with Crippen LogP contribution in [0.4, 0.5) is 0 Å². The van der Waals surface area contributed by atoms with Gasteiger partial charge in [0.15, 0.2) is 9.84 Å². The Morgan fingerprint density at radius 3 is 2.50 bits per heavy atom. The van der Waals surface area contributed by atoms with Crippen LogP contribution in [-0.2, 0) is 15.6 Å². The van der Waals surface area contributed by atoms with Crippen molar-refractivity contribution in [3.63, 3.8) is 0 Å². The maximum absolute atomic E-state index is 11.9. The van der Waals surface area contributed by atoms with Crippen LogP contribution in [0.15, 0.2) is 24.3 Å². The molecule has 2 nitrogen and oxygen atoms in total. The van der Waals surface area contributed by atoms with E-state index in [0.29, 0.717) is 5.88 Å². The van der Waals surface area contributed by atoms with Crippen LogP contribution >= 0.6 is 11.6 Å². The monoisotopic (exact) mass is 260 g/mol. The zero-order valence-corrected chi connectivity index (χ0v) is 11.2. The molecule has 0 N–H and O–H groups in total. The van der Waals surface area contributed by atoms with Crippen molar-refractivity contribution in [1.82, 2.24) is 0 Å². The minimum atomic E-state index is -3.05. The van der Waals surface area contributed by atoms with Gasteiger partial charge in [0.25, 0.3) is 0 Å². The standard InChI is InChI=1S/C12H17ClO2S/c1-10(7-13)8-16(14,15)9-12-6-4-3-5-11(12)2/h3-6,10H,7-9H2,1-2H3. The number of hydrogen-bond acceptors (Lipinski definition) is 2. The molecule has 1 rings (SSSR count). The number of rotatable bonds is 5. The smallest absolute Gasteiger partial charge is 0.154 e. The van der Waals surface area contributed by atoms with Gasteiger partial charge in [-0.15, -0.1) is 11.6 Å². The zero-order valence-electron chi connectivity index (χ0n) is 9.61. The van der Waals surface area contributed by atoms with Crippen LogP contribution < -0.4 is 0 Å². The van der Waals surface area contributed by atoms with Gasteiger partial charge in [0.1, 0.15) is 0 Å². The van der Waals surface area contributed by atoms with Crippen molar-refractivity contribution in [2.75, 3.05) is 11.6 Å². The molecule has 0 aliphatic carbocycles. The van der Waals surface area contributed by atoms with Crippen LogP contribution in [0.3, 0.4) is 0 Å². The first-order valence-electron chi connectivity index (χ1n) is 5.25. The minimum absolute atomic E-state index is 0.00989. The number of sulfone groups is 1. The average molecular weight is 261 g/mol. The first-order chi connectivity index (χ1) is 7.44. The van der Waals surface area contributed by atoms with Crippen molar-refractivity contribution in [3.8, 4) is 0 Å². The second-order valence-electron chi connectivity index (χ2n) is 4.24. The molecule has 0 saturated carbocycles. The minimum Gasteiger partial charge on any atom is -0.228 e. The van der Waals surface area contributed by atoms with Crippen LogP contribution in [-0.4, -0.2) is 20.1 Å². The molecule has 1 atom stereocenters. The van der Waals surface area contributed by atoms with Gasteiger partial charge in [0.2, 0.25) is 0 Å². The van der Waals surface area contributed by atoms with Gasteiger partial charge in [-0.05, 0) is 24.0 Å². The summed E-state index contributed by atoms with van der Waals surface area (Å²) >= 11 is 5.63. The lowest BCUT2D eigenvalue weighted by molar-refractivity contribution is 0.582. The Morgan fingerprint density at radius 2 is 1.94 bits per heavy atom. The third-order valence-electron chi connectivity index (χ3n) is 2.44. The van der Waals surface area contributed by atoms with Gasteiger partial charge < -0.3 is 0 Å². The molecule has 90 valence electrons. The molecule has 0 radical (unpaired) electrons. The van der Waals surface area contributed by atoms with E-state index in [0.717, 1.165) is 11.1 Å². The summed E-state index contributed by atoms with van der Waals surface area (Å²) in [4.78, 5) is 0. The second kappa shape index (κ2) is 5.69. The quantitative estimate of drug-likeness (QED) is 0.763. The summed E-state index contributed by atoms with van der Waals surface area (Å²) in [6.07, 6.45) is 0. The first kappa shape index (κ1) is 13.5. The molecular formula is C12H17ClO2S. The highest BCUT2D eigenvalue weighted by atomic mass is 35.5. The van der Waals surface area contributed by atoms with E-state index >= 15 is 0 Å². The molecule has 4 heteroatoms. The molecule has 1 unspecified atom stereocenters. The summed E-state index contributed by atoms with van der Waals surface area (Å²) in [6.45, 7) is 3.78. The summed E-state index contributed by atoms with van der Waals surface area (Å²) in [5, 5.41) is 0. The molecular weight excluding hydrogens is 244 g/mol. The van der Waals surface area contributed by atoms with Crippen molar-refractivity contribution >= 4 is 21.4 Å². The summed E-state index contributed by atoms with van der Waals surface area (Å²) in [6, 6.07) is 7.56. The third-order valence-corrected chi connectivity index (χ3v) is 4.79. The lowest BCUT2D eigenvalue weighted by Crippen LogP contribution is -2.17. The predicted molar refractivity (Wildman–Crippen MR) is 68.6 cm³/mol. The molecule has 0 aromatic heterocycles. The van der Waals surface area contributed by atoms with Crippen LogP contribution in [0.2, 0.25) is 0 Å². The van der Waals surface area contributed by atoms with Crippen LogP contribution in [0, 0.1) is 12.8 Å². The summed E-state index contributed by atoms with van der Waals surface area (Å²) in [7, 11) is -3.05. The highest BCUT2D eigenvalue weighted by molar-refractivity contribution is 7.90. The molecule has 0 bridgehead atoms. The average Bonchev–Trinajstić information content (AvgIpc) is 2.20. The van der Waals surface area contributed by atoms with Crippen molar-refractivity contribution in [2.45, 2.75) is 19.6 Å². The van der Waals surface area contributed by atoms with Gasteiger partial charge in [0.05, 0.1) is 11.5 Å². The van der Waals surface area contributed by atoms with Gasteiger partial charge in [-0.3, -0.25) is 0 Å². The molecule has 1 aromatic carbocycles.